The molecule has 3 N–H and O–H groups in total. The van der Waals surface area contributed by atoms with Gasteiger partial charge in [0.05, 0.1) is 6.54 Å². The van der Waals surface area contributed by atoms with E-state index in [0.717, 1.165) is 0 Å². The van der Waals surface area contributed by atoms with Gasteiger partial charge in [-0.3, -0.25) is 4.79 Å². The van der Waals surface area contributed by atoms with Crippen molar-refractivity contribution in [3.8, 4) is 17.6 Å². The van der Waals surface area contributed by atoms with Crippen molar-refractivity contribution in [3.63, 3.8) is 0 Å². The van der Waals surface area contributed by atoms with E-state index < -0.39 is 0 Å². The first-order chi connectivity index (χ1) is 6.27. The van der Waals surface area contributed by atoms with Crippen LogP contribution in [0.5, 0.6) is 5.75 Å². The van der Waals surface area contributed by atoms with Crippen LogP contribution in [0.2, 0.25) is 0 Å². The molecular formula is C10H9NO2. The molecule has 0 aliphatic rings. The Labute approximate surface area is 76.2 Å². The Kier molecular flexibility index (Phi) is 3.07. The number of hydrogen-bond acceptors (Lipinski definition) is 3. The average molecular weight is 175 g/mol. The van der Waals surface area contributed by atoms with Gasteiger partial charge >= 0.3 is 0 Å². The Hall–Kier alpha value is -1.79. The third kappa shape index (κ3) is 2.32. The van der Waals surface area contributed by atoms with Crippen molar-refractivity contribution >= 4 is 6.29 Å². The Bertz CT molecular complexity index is 374. The third-order valence-corrected chi connectivity index (χ3v) is 1.49. The van der Waals surface area contributed by atoms with E-state index in [2.05, 4.69) is 11.8 Å². The first kappa shape index (κ1) is 9.30. The highest BCUT2D eigenvalue weighted by molar-refractivity contribution is 5.80. The molecule has 0 saturated carbocycles. The van der Waals surface area contributed by atoms with Crippen LogP contribution >= 0.6 is 0 Å². The van der Waals surface area contributed by atoms with E-state index >= 15 is 0 Å². The summed E-state index contributed by atoms with van der Waals surface area (Å²) in [6.45, 7) is 0.249. The third-order valence-electron chi connectivity index (χ3n) is 1.49. The maximum Gasteiger partial charge on any atom is 0.151 e. The second kappa shape index (κ2) is 4.29. The number of rotatable bonds is 1. The molecule has 0 radical (unpaired) electrons. The van der Waals surface area contributed by atoms with E-state index in [0.29, 0.717) is 17.4 Å². The number of phenolic OH excluding ortho intramolecular Hbond substituents is 1. The van der Waals surface area contributed by atoms with Crippen LogP contribution < -0.4 is 5.73 Å². The van der Waals surface area contributed by atoms with Gasteiger partial charge < -0.3 is 10.8 Å². The normalized spacial score (nSPS) is 8.69. The summed E-state index contributed by atoms with van der Waals surface area (Å²) < 4.78 is 0. The highest BCUT2D eigenvalue weighted by atomic mass is 16.3. The van der Waals surface area contributed by atoms with Crippen molar-refractivity contribution in [1.29, 1.82) is 0 Å². The lowest BCUT2D eigenvalue weighted by Gasteiger charge is -1.96. The largest absolute Gasteiger partial charge is 0.508 e. The zero-order valence-electron chi connectivity index (χ0n) is 6.95. The number of carbonyl (C=O) groups excluding carboxylic acids is 1. The topological polar surface area (TPSA) is 63.3 Å². The zero-order chi connectivity index (χ0) is 9.68. The predicted octanol–water partition coefficient (Wildman–Crippen LogP) is 0.515. The summed E-state index contributed by atoms with van der Waals surface area (Å²) in [5, 5.41) is 9.06. The lowest BCUT2D eigenvalue weighted by atomic mass is 10.1. The molecule has 0 aromatic heterocycles. The molecular weight excluding hydrogens is 166 g/mol. The summed E-state index contributed by atoms with van der Waals surface area (Å²) in [4.78, 5) is 10.5. The molecule has 0 saturated heterocycles. The molecule has 0 aliphatic carbocycles. The van der Waals surface area contributed by atoms with Gasteiger partial charge in [0.15, 0.2) is 6.29 Å². The highest BCUT2D eigenvalue weighted by Crippen LogP contribution is 2.13. The Balaban J connectivity index is 3.13. The summed E-state index contributed by atoms with van der Waals surface area (Å²) in [6, 6.07) is 4.43. The van der Waals surface area contributed by atoms with E-state index in [9.17, 15) is 4.79 Å². The zero-order valence-corrected chi connectivity index (χ0v) is 6.95. The van der Waals surface area contributed by atoms with Crippen LogP contribution in [0.15, 0.2) is 18.2 Å². The second-order valence-corrected chi connectivity index (χ2v) is 2.40. The van der Waals surface area contributed by atoms with Crippen LogP contribution in [0.25, 0.3) is 0 Å². The van der Waals surface area contributed by atoms with Gasteiger partial charge in [0.25, 0.3) is 0 Å². The smallest absolute Gasteiger partial charge is 0.151 e. The quantitative estimate of drug-likeness (QED) is 0.483. The van der Waals surface area contributed by atoms with Gasteiger partial charge in [-0.25, -0.2) is 0 Å². The van der Waals surface area contributed by atoms with Gasteiger partial charge in [-0.1, -0.05) is 11.8 Å². The molecule has 0 spiro atoms. The molecule has 3 heteroatoms. The maximum absolute atomic E-state index is 10.5. The number of aldehydes is 1. The first-order valence-electron chi connectivity index (χ1n) is 3.75. The molecule has 66 valence electrons. The number of carbonyl (C=O) groups is 1. The molecule has 13 heavy (non-hydrogen) atoms. The van der Waals surface area contributed by atoms with Crippen LogP contribution in [0.1, 0.15) is 15.9 Å². The number of phenols is 1. The fourth-order valence-corrected chi connectivity index (χ4v) is 0.908. The van der Waals surface area contributed by atoms with Gasteiger partial charge in [0.1, 0.15) is 5.75 Å². The fourth-order valence-electron chi connectivity index (χ4n) is 0.908. The molecule has 0 atom stereocenters. The van der Waals surface area contributed by atoms with E-state index in [4.69, 9.17) is 10.8 Å². The molecule has 0 fully saturated rings. The Morgan fingerprint density at radius 2 is 2.31 bits per heavy atom. The molecule has 3 nitrogen and oxygen atoms in total. The lowest BCUT2D eigenvalue weighted by molar-refractivity contribution is 0.112. The van der Waals surface area contributed by atoms with E-state index in [1.807, 2.05) is 0 Å². The summed E-state index contributed by atoms with van der Waals surface area (Å²) in [5.74, 6) is 5.43. The number of hydrogen-bond donors (Lipinski definition) is 2. The number of nitrogens with two attached hydrogens (primary N) is 1. The molecule has 1 rings (SSSR count). The minimum Gasteiger partial charge on any atom is -0.508 e. The van der Waals surface area contributed by atoms with Crippen LogP contribution in [-0.4, -0.2) is 17.9 Å². The maximum atomic E-state index is 10.5. The Morgan fingerprint density at radius 3 is 2.92 bits per heavy atom. The molecule has 1 aromatic rings. The van der Waals surface area contributed by atoms with Gasteiger partial charge in [0.2, 0.25) is 0 Å². The first-order valence-corrected chi connectivity index (χ1v) is 3.75. The standard InChI is InChI=1S/C10H9NO2/c11-5-1-2-8-3-4-10(13)6-9(8)7-12/h3-4,6-7,13H,5,11H2. The van der Waals surface area contributed by atoms with Crippen molar-refractivity contribution in [3.05, 3.63) is 29.3 Å². The monoisotopic (exact) mass is 175 g/mol. The van der Waals surface area contributed by atoms with Gasteiger partial charge in [0, 0.05) is 11.1 Å². The molecule has 0 aliphatic heterocycles. The van der Waals surface area contributed by atoms with Crippen molar-refractivity contribution in [2.45, 2.75) is 0 Å². The van der Waals surface area contributed by atoms with Gasteiger partial charge in [-0.2, -0.15) is 0 Å². The van der Waals surface area contributed by atoms with Crippen molar-refractivity contribution in [2.24, 2.45) is 5.73 Å². The molecule has 0 amide bonds. The molecule has 0 unspecified atom stereocenters. The fraction of sp³-hybridized carbons (Fsp3) is 0.100. The van der Waals surface area contributed by atoms with Gasteiger partial charge in [-0.05, 0) is 18.2 Å². The number of benzene rings is 1. The van der Waals surface area contributed by atoms with E-state index in [-0.39, 0.29) is 12.3 Å². The van der Waals surface area contributed by atoms with E-state index in [1.54, 1.807) is 6.07 Å². The minimum atomic E-state index is 0.0559. The number of aromatic hydroxyl groups is 1. The molecule has 0 heterocycles. The second-order valence-electron chi connectivity index (χ2n) is 2.40. The van der Waals surface area contributed by atoms with Gasteiger partial charge in [-0.15, -0.1) is 0 Å². The minimum absolute atomic E-state index is 0.0559. The van der Waals surface area contributed by atoms with Crippen molar-refractivity contribution < 1.29 is 9.90 Å². The predicted molar refractivity (Wildman–Crippen MR) is 49.4 cm³/mol. The average Bonchev–Trinajstić information content (AvgIpc) is 2.16. The SMILES string of the molecule is NCC#Cc1ccc(O)cc1C=O. The molecule has 0 bridgehead atoms. The lowest BCUT2D eigenvalue weighted by Crippen LogP contribution is -1.94. The van der Waals surface area contributed by atoms with Crippen LogP contribution in [0.3, 0.4) is 0 Å². The summed E-state index contributed by atoms with van der Waals surface area (Å²) in [7, 11) is 0. The van der Waals surface area contributed by atoms with Crippen molar-refractivity contribution in [2.75, 3.05) is 6.54 Å². The van der Waals surface area contributed by atoms with Crippen LogP contribution in [0, 0.1) is 11.8 Å². The summed E-state index contributed by atoms with van der Waals surface area (Å²) >= 11 is 0. The summed E-state index contributed by atoms with van der Waals surface area (Å²) in [5.41, 5.74) is 6.14. The van der Waals surface area contributed by atoms with Crippen LogP contribution in [0.4, 0.5) is 0 Å². The Morgan fingerprint density at radius 1 is 1.54 bits per heavy atom. The van der Waals surface area contributed by atoms with Crippen LogP contribution in [-0.2, 0) is 0 Å². The summed E-state index contributed by atoms with van der Waals surface area (Å²) in [6.07, 6.45) is 0.653. The van der Waals surface area contributed by atoms with Crippen molar-refractivity contribution in [1.82, 2.24) is 0 Å². The highest BCUT2D eigenvalue weighted by Gasteiger charge is 1.98. The molecule has 1 aromatic carbocycles. The van der Waals surface area contributed by atoms with E-state index in [1.165, 1.54) is 12.1 Å².